The number of aromatic nitrogens is 1. The molecule has 4 rings (SSSR count). The van der Waals surface area contributed by atoms with E-state index in [2.05, 4.69) is 59.7 Å². The molecule has 5 heteroatoms. The van der Waals surface area contributed by atoms with Gasteiger partial charge in [-0.2, -0.15) is 0 Å². The average Bonchev–Trinajstić information content (AvgIpc) is 2.74. The fourth-order valence-electron chi connectivity index (χ4n) is 3.49. The van der Waals surface area contributed by atoms with Gasteiger partial charge in [0.1, 0.15) is 5.75 Å². The summed E-state index contributed by atoms with van der Waals surface area (Å²) in [5, 5.41) is 12.3. The van der Waals surface area contributed by atoms with E-state index in [1.807, 2.05) is 6.08 Å². The van der Waals surface area contributed by atoms with Crippen molar-refractivity contribution in [2.45, 2.75) is 19.3 Å². The molecule has 0 aliphatic carbocycles. The van der Waals surface area contributed by atoms with Crippen molar-refractivity contribution in [3.8, 4) is 16.9 Å². The van der Waals surface area contributed by atoms with E-state index in [4.69, 9.17) is 4.74 Å². The molecule has 0 saturated heterocycles. The summed E-state index contributed by atoms with van der Waals surface area (Å²) in [6, 6.07) is 16.3. The molecule has 2 aromatic carbocycles. The van der Waals surface area contributed by atoms with Gasteiger partial charge < -0.3 is 15.2 Å². The van der Waals surface area contributed by atoms with Crippen molar-refractivity contribution in [3.05, 3.63) is 89.9 Å². The molecule has 1 aliphatic heterocycles. The van der Waals surface area contributed by atoms with E-state index in [0.29, 0.717) is 12.3 Å². The summed E-state index contributed by atoms with van der Waals surface area (Å²) in [7, 11) is 0. The number of carboxylic acid groups (broad SMARTS) is 1. The van der Waals surface area contributed by atoms with Crippen LogP contribution >= 0.6 is 0 Å². The van der Waals surface area contributed by atoms with Crippen molar-refractivity contribution < 1.29 is 14.6 Å². The summed E-state index contributed by atoms with van der Waals surface area (Å²) in [6.07, 6.45) is 7.69. The Hall–Kier alpha value is -3.60. The standard InChI is InChI=1S/C24H22N2O3/c1-16-2-4-17(5-3-16)19-6-7-20-18(10-13-29-23(20)14-19)8-12-26-22-15-25-11-9-21(22)24(27)28/h2-9,11-12,14-15,18,26H,10,13H2,1H3,(H,27,28)/b12-8+. The molecule has 3 aromatic rings. The van der Waals surface area contributed by atoms with Gasteiger partial charge in [0.25, 0.3) is 0 Å². The lowest BCUT2D eigenvalue weighted by atomic mass is 9.91. The molecule has 2 N–H and O–H groups in total. The quantitative estimate of drug-likeness (QED) is 0.627. The van der Waals surface area contributed by atoms with Gasteiger partial charge in [-0.05, 0) is 42.8 Å². The Morgan fingerprint density at radius 2 is 1.97 bits per heavy atom. The fraction of sp³-hybridized carbons (Fsp3) is 0.167. The first-order chi connectivity index (χ1) is 14.1. The zero-order valence-electron chi connectivity index (χ0n) is 16.1. The zero-order valence-corrected chi connectivity index (χ0v) is 16.1. The van der Waals surface area contributed by atoms with Crippen LogP contribution in [0.3, 0.4) is 0 Å². The number of ether oxygens (including phenoxy) is 1. The van der Waals surface area contributed by atoms with Gasteiger partial charge in [-0.3, -0.25) is 4.98 Å². The molecule has 0 bridgehead atoms. The normalized spacial score (nSPS) is 15.6. The van der Waals surface area contributed by atoms with Crippen LogP contribution in [0, 0.1) is 6.92 Å². The molecule has 5 nitrogen and oxygen atoms in total. The first-order valence-corrected chi connectivity index (χ1v) is 9.56. The van der Waals surface area contributed by atoms with Crippen LogP contribution in [0.5, 0.6) is 5.75 Å². The highest BCUT2D eigenvalue weighted by Gasteiger charge is 2.20. The number of aromatic carboxylic acids is 1. The van der Waals surface area contributed by atoms with Gasteiger partial charge in [0.2, 0.25) is 0 Å². The zero-order chi connectivity index (χ0) is 20.2. The van der Waals surface area contributed by atoms with Crippen molar-refractivity contribution in [1.29, 1.82) is 0 Å². The number of aryl methyl sites for hydroxylation is 1. The monoisotopic (exact) mass is 386 g/mol. The Morgan fingerprint density at radius 1 is 1.17 bits per heavy atom. The minimum absolute atomic E-state index is 0.194. The van der Waals surface area contributed by atoms with Gasteiger partial charge in [0, 0.05) is 17.7 Å². The number of carbonyl (C=O) groups is 1. The van der Waals surface area contributed by atoms with Crippen molar-refractivity contribution in [2.75, 3.05) is 11.9 Å². The van der Waals surface area contributed by atoms with Crippen LogP contribution in [0.25, 0.3) is 11.1 Å². The van der Waals surface area contributed by atoms with Crippen LogP contribution in [0.15, 0.2) is 73.2 Å². The van der Waals surface area contributed by atoms with Crippen LogP contribution in [-0.2, 0) is 0 Å². The Balaban J connectivity index is 1.53. The Kier molecular flexibility index (Phi) is 5.29. The van der Waals surface area contributed by atoms with Crippen molar-refractivity contribution in [1.82, 2.24) is 4.98 Å². The van der Waals surface area contributed by atoms with Gasteiger partial charge in [-0.1, -0.05) is 48.0 Å². The molecule has 1 aliphatic rings. The number of nitrogens with one attached hydrogen (secondary N) is 1. The maximum Gasteiger partial charge on any atom is 0.337 e. The highest BCUT2D eigenvalue weighted by Crippen LogP contribution is 2.37. The summed E-state index contributed by atoms with van der Waals surface area (Å²) in [5.41, 5.74) is 5.33. The van der Waals surface area contributed by atoms with E-state index in [1.54, 1.807) is 6.20 Å². The van der Waals surface area contributed by atoms with Crippen LogP contribution in [-0.4, -0.2) is 22.7 Å². The number of rotatable bonds is 5. The number of benzene rings is 2. The van der Waals surface area contributed by atoms with Gasteiger partial charge >= 0.3 is 5.97 Å². The van der Waals surface area contributed by atoms with Crippen LogP contribution in [0.4, 0.5) is 5.69 Å². The Bertz CT molecular complexity index is 1060. The van der Waals surface area contributed by atoms with Gasteiger partial charge in [0.15, 0.2) is 0 Å². The Labute approximate surface area is 169 Å². The minimum atomic E-state index is -0.983. The lowest BCUT2D eigenvalue weighted by Crippen LogP contribution is -2.13. The number of carboxylic acids is 1. The number of hydrogen-bond donors (Lipinski definition) is 2. The molecular weight excluding hydrogens is 364 g/mol. The summed E-state index contributed by atoms with van der Waals surface area (Å²) in [4.78, 5) is 15.3. The predicted molar refractivity (Wildman–Crippen MR) is 113 cm³/mol. The van der Waals surface area contributed by atoms with E-state index < -0.39 is 5.97 Å². The molecule has 0 radical (unpaired) electrons. The molecular formula is C24H22N2O3. The van der Waals surface area contributed by atoms with Gasteiger partial charge in [0.05, 0.1) is 24.1 Å². The van der Waals surface area contributed by atoms with E-state index in [-0.39, 0.29) is 11.5 Å². The minimum Gasteiger partial charge on any atom is -0.493 e. The molecule has 0 fully saturated rings. The number of hydrogen-bond acceptors (Lipinski definition) is 4. The van der Waals surface area contributed by atoms with E-state index in [9.17, 15) is 9.90 Å². The fourth-order valence-corrected chi connectivity index (χ4v) is 3.49. The van der Waals surface area contributed by atoms with Crippen molar-refractivity contribution in [2.24, 2.45) is 0 Å². The second kappa shape index (κ2) is 8.19. The van der Waals surface area contributed by atoms with Crippen molar-refractivity contribution in [3.63, 3.8) is 0 Å². The van der Waals surface area contributed by atoms with E-state index >= 15 is 0 Å². The van der Waals surface area contributed by atoms with Gasteiger partial charge in [-0.25, -0.2) is 4.79 Å². The molecule has 29 heavy (non-hydrogen) atoms. The third-order valence-electron chi connectivity index (χ3n) is 5.10. The second-order valence-electron chi connectivity index (χ2n) is 7.09. The first-order valence-electron chi connectivity index (χ1n) is 9.56. The van der Waals surface area contributed by atoms with E-state index in [1.165, 1.54) is 29.6 Å². The summed E-state index contributed by atoms with van der Waals surface area (Å²) in [6.45, 7) is 2.72. The first kappa shape index (κ1) is 18.7. The summed E-state index contributed by atoms with van der Waals surface area (Å²) < 4.78 is 5.91. The van der Waals surface area contributed by atoms with Gasteiger partial charge in [-0.15, -0.1) is 0 Å². The Morgan fingerprint density at radius 3 is 2.76 bits per heavy atom. The predicted octanol–water partition coefficient (Wildman–Crippen LogP) is 5.25. The number of nitrogens with zero attached hydrogens (tertiary/aromatic N) is 1. The van der Waals surface area contributed by atoms with Crippen molar-refractivity contribution >= 4 is 11.7 Å². The lowest BCUT2D eigenvalue weighted by molar-refractivity contribution is 0.0698. The number of allylic oxidation sites excluding steroid dienone is 1. The number of pyridine rings is 1. The third-order valence-corrected chi connectivity index (χ3v) is 5.10. The summed E-state index contributed by atoms with van der Waals surface area (Å²) >= 11 is 0. The lowest BCUT2D eigenvalue weighted by Gasteiger charge is -2.24. The molecule has 1 aromatic heterocycles. The molecule has 146 valence electrons. The second-order valence-corrected chi connectivity index (χ2v) is 7.09. The molecule has 1 unspecified atom stereocenters. The highest BCUT2D eigenvalue weighted by molar-refractivity contribution is 5.94. The number of fused-ring (bicyclic) bond motifs is 1. The highest BCUT2D eigenvalue weighted by atomic mass is 16.5. The smallest absolute Gasteiger partial charge is 0.337 e. The molecule has 0 spiro atoms. The van der Waals surface area contributed by atoms with Crippen LogP contribution in [0.1, 0.15) is 33.8 Å². The van der Waals surface area contributed by atoms with E-state index in [0.717, 1.165) is 23.3 Å². The van der Waals surface area contributed by atoms with Crippen LogP contribution < -0.4 is 10.1 Å². The maximum atomic E-state index is 11.3. The topological polar surface area (TPSA) is 71.5 Å². The van der Waals surface area contributed by atoms with Crippen LogP contribution in [0.2, 0.25) is 0 Å². The largest absolute Gasteiger partial charge is 0.493 e. The third kappa shape index (κ3) is 4.14. The summed E-state index contributed by atoms with van der Waals surface area (Å²) in [5.74, 6) is 0.114. The number of anilines is 1. The maximum absolute atomic E-state index is 11.3. The molecule has 1 atom stereocenters. The molecule has 2 heterocycles. The SMILES string of the molecule is Cc1ccc(-c2ccc3c(c2)OCCC3/C=C/Nc2cnccc2C(=O)O)cc1. The molecule has 0 saturated carbocycles. The average molecular weight is 386 g/mol. The molecule has 0 amide bonds.